The van der Waals surface area contributed by atoms with Crippen molar-refractivity contribution < 1.29 is 18.7 Å². The highest BCUT2D eigenvalue weighted by Crippen LogP contribution is 2.23. The lowest BCUT2D eigenvalue weighted by atomic mass is 10.2. The molecule has 0 fully saturated rings. The number of hydrogen-bond acceptors (Lipinski definition) is 4. The molecular formula is C16H17NO4. The molecular weight excluding hydrogens is 270 g/mol. The van der Waals surface area contributed by atoms with Gasteiger partial charge in [0.15, 0.2) is 0 Å². The highest BCUT2D eigenvalue weighted by atomic mass is 16.5. The standard InChI is InChI=1S/C16H17NO4/c1-19-14-7-12(8-15(9-14)20-2)3-4-16(18)17-10-13-5-6-21-11-13/h3-9,11H,10H2,1-2H3,(H,17,18). The van der Waals surface area contributed by atoms with Gasteiger partial charge in [-0.3, -0.25) is 4.79 Å². The van der Waals surface area contributed by atoms with Crippen molar-refractivity contribution in [3.8, 4) is 11.5 Å². The Kier molecular flexibility index (Phi) is 5.04. The monoisotopic (exact) mass is 287 g/mol. The topological polar surface area (TPSA) is 60.7 Å². The number of carbonyl (C=O) groups excluding carboxylic acids is 1. The zero-order valence-electron chi connectivity index (χ0n) is 12.0. The van der Waals surface area contributed by atoms with E-state index in [1.54, 1.807) is 45.0 Å². The number of rotatable bonds is 6. The molecule has 0 bridgehead atoms. The fraction of sp³-hybridized carbons (Fsp3) is 0.188. The molecule has 1 aromatic heterocycles. The molecule has 1 aromatic carbocycles. The van der Waals surface area contributed by atoms with Gasteiger partial charge < -0.3 is 19.2 Å². The first-order valence-corrected chi connectivity index (χ1v) is 6.41. The highest BCUT2D eigenvalue weighted by molar-refractivity contribution is 5.91. The fourth-order valence-corrected chi connectivity index (χ4v) is 1.74. The number of benzene rings is 1. The molecule has 0 radical (unpaired) electrons. The van der Waals surface area contributed by atoms with E-state index in [1.165, 1.54) is 6.08 Å². The molecule has 1 heterocycles. The molecule has 0 atom stereocenters. The number of furan rings is 1. The lowest BCUT2D eigenvalue weighted by Crippen LogP contribution is -2.19. The molecule has 2 aromatic rings. The lowest BCUT2D eigenvalue weighted by molar-refractivity contribution is -0.116. The third kappa shape index (κ3) is 4.42. The van der Waals surface area contributed by atoms with Gasteiger partial charge in [-0.25, -0.2) is 0 Å². The van der Waals surface area contributed by atoms with Gasteiger partial charge in [-0.05, 0) is 29.8 Å². The van der Waals surface area contributed by atoms with Crippen LogP contribution in [0.1, 0.15) is 11.1 Å². The summed E-state index contributed by atoms with van der Waals surface area (Å²) >= 11 is 0. The Hall–Kier alpha value is -2.69. The van der Waals surface area contributed by atoms with Crippen molar-refractivity contribution in [2.24, 2.45) is 0 Å². The SMILES string of the molecule is COc1cc(C=CC(=O)NCc2ccoc2)cc(OC)c1. The van der Waals surface area contributed by atoms with E-state index in [2.05, 4.69) is 5.32 Å². The van der Waals surface area contributed by atoms with Crippen LogP contribution in [0.25, 0.3) is 6.08 Å². The fourth-order valence-electron chi connectivity index (χ4n) is 1.74. The summed E-state index contributed by atoms with van der Waals surface area (Å²) in [6, 6.07) is 7.22. The molecule has 0 aliphatic rings. The minimum atomic E-state index is -0.182. The number of amides is 1. The van der Waals surface area contributed by atoms with Crippen molar-refractivity contribution in [2.75, 3.05) is 14.2 Å². The van der Waals surface area contributed by atoms with Crippen LogP contribution in [0.15, 0.2) is 47.3 Å². The van der Waals surface area contributed by atoms with Crippen molar-refractivity contribution in [1.82, 2.24) is 5.32 Å². The summed E-state index contributed by atoms with van der Waals surface area (Å²) in [5, 5.41) is 2.76. The molecule has 1 amide bonds. The number of nitrogens with one attached hydrogen (secondary N) is 1. The van der Waals surface area contributed by atoms with Gasteiger partial charge in [0.1, 0.15) is 11.5 Å². The average Bonchev–Trinajstić information content (AvgIpc) is 3.03. The molecule has 21 heavy (non-hydrogen) atoms. The van der Waals surface area contributed by atoms with Crippen molar-refractivity contribution >= 4 is 12.0 Å². The predicted molar refractivity (Wildman–Crippen MR) is 79.1 cm³/mol. The van der Waals surface area contributed by atoms with Crippen LogP contribution in [0.5, 0.6) is 11.5 Å². The smallest absolute Gasteiger partial charge is 0.244 e. The van der Waals surface area contributed by atoms with Gasteiger partial charge in [0.2, 0.25) is 5.91 Å². The third-order valence-electron chi connectivity index (χ3n) is 2.85. The van der Waals surface area contributed by atoms with Crippen LogP contribution in [-0.4, -0.2) is 20.1 Å². The summed E-state index contributed by atoms with van der Waals surface area (Å²) in [4.78, 5) is 11.7. The molecule has 110 valence electrons. The molecule has 0 saturated heterocycles. The summed E-state index contributed by atoms with van der Waals surface area (Å²) in [7, 11) is 3.17. The van der Waals surface area contributed by atoms with Crippen molar-refractivity contribution in [1.29, 1.82) is 0 Å². The Morgan fingerprint density at radius 2 is 1.95 bits per heavy atom. The third-order valence-corrected chi connectivity index (χ3v) is 2.85. The second kappa shape index (κ2) is 7.19. The number of methoxy groups -OCH3 is 2. The summed E-state index contributed by atoms with van der Waals surface area (Å²) < 4.78 is 15.3. The summed E-state index contributed by atoms with van der Waals surface area (Å²) in [6.45, 7) is 0.432. The molecule has 0 spiro atoms. The summed E-state index contributed by atoms with van der Waals surface area (Å²) in [5.74, 6) is 1.17. The van der Waals surface area contributed by atoms with E-state index in [9.17, 15) is 4.79 Å². The second-order valence-electron chi connectivity index (χ2n) is 4.33. The maximum atomic E-state index is 11.7. The zero-order chi connectivity index (χ0) is 15.1. The largest absolute Gasteiger partial charge is 0.497 e. The van der Waals surface area contributed by atoms with Crippen molar-refractivity contribution in [3.63, 3.8) is 0 Å². The number of ether oxygens (including phenoxy) is 2. The molecule has 2 rings (SSSR count). The van der Waals surface area contributed by atoms with E-state index in [1.807, 2.05) is 12.1 Å². The van der Waals surface area contributed by atoms with Crippen LogP contribution in [0.2, 0.25) is 0 Å². The first-order chi connectivity index (χ1) is 10.2. The van der Waals surface area contributed by atoms with Crippen LogP contribution in [0.4, 0.5) is 0 Å². The van der Waals surface area contributed by atoms with Crippen molar-refractivity contribution in [3.05, 3.63) is 54.0 Å². The van der Waals surface area contributed by atoms with Gasteiger partial charge in [-0.2, -0.15) is 0 Å². The average molecular weight is 287 g/mol. The van der Waals surface area contributed by atoms with Crippen LogP contribution in [0.3, 0.4) is 0 Å². The Bertz CT molecular complexity index is 595. The zero-order valence-corrected chi connectivity index (χ0v) is 12.0. The summed E-state index contributed by atoms with van der Waals surface area (Å²) in [6.07, 6.45) is 6.33. The Morgan fingerprint density at radius 3 is 2.52 bits per heavy atom. The minimum absolute atomic E-state index is 0.182. The predicted octanol–water partition coefficient (Wildman–Crippen LogP) is 2.63. The van der Waals surface area contributed by atoms with Gasteiger partial charge in [-0.15, -0.1) is 0 Å². The quantitative estimate of drug-likeness (QED) is 0.830. The highest BCUT2D eigenvalue weighted by Gasteiger charge is 2.01. The second-order valence-corrected chi connectivity index (χ2v) is 4.33. The minimum Gasteiger partial charge on any atom is -0.497 e. The molecule has 0 unspecified atom stereocenters. The van der Waals surface area contributed by atoms with E-state index >= 15 is 0 Å². The van der Waals surface area contributed by atoms with E-state index < -0.39 is 0 Å². The first-order valence-electron chi connectivity index (χ1n) is 6.41. The van der Waals surface area contributed by atoms with Crippen molar-refractivity contribution in [2.45, 2.75) is 6.54 Å². The lowest BCUT2D eigenvalue weighted by Gasteiger charge is -2.05. The molecule has 0 aliphatic carbocycles. The normalized spacial score (nSPS) is 10.6. The Labute approximate surface area is 123 Å². The van der Waals surface area contributed by atoms with Gasteiger partial charge in [-0.1, -0.05) is 0 Å². The van der Waals surface area contributed by atoms with E-state index in [0.717, 1.165) is 11.1 Å². The maximum Gasteiger partial charge on any atom is 0.244 e. The Morgan fingerprint density at radius 1 is 1.24 bits per heavy atom. The van der Waals surface area contributed by atoms with E-state index in [0.29, 0.717) is 18.0 Å². The van der Waals surface area contributed by atoms with E-state index in [4.69, 9.17) is 13.9 Å². The van der Waals surface area contributed by atoms with Gasteiger partial charge >= 0.3 is 0 Å². The number of carbonyl (C=O) groups is 1. The van der Waals surface area contributed by atoms with Crippen LogP contribution < -0.4 is 14.8 Å². The summed E-state index contributed by atoms with van der Waals surface area (Å²) in [5.41, 5.74) is 1.74. The van der Waals surface area contributed by atoms with Crippen LogP contribution >= 0.6 is 0 Å². The molecule has 1 N–H and O–H groups in total. The maximum absolute atomic E-state index is 11.7. The van der Waals surface area contributed by atoms with E-state index in [-0.39, 0.29) is 5.91 Å². The molecule has 5 heteroatoms. The Balaban J connectivity index is 1.97. The van der Waals surface area contributed by atoms with Gasteiger partial charge in [0, 0.05) is 24.3 Å². The molecule has 0 aliphatic heterocycles. The molecule has 5 nitrogen and oxygen atoms in total. The first kappa shape index (κ1) is 14.7. The van der Waals surface area contributed by atoms with Crippen LogP contribution in [0, 0.1) is 0 Å². The van der Waals surface area contributed by atoms with Gasteiger partial charge in [0.05, 0.1) is 26.7 Å². The number of hydrogen-bond donors (Lipinski definition) is 1. The van der Waals surface area contributed by atoms with Gasteiger partial charge in [0.25, 0.3) is 0 Å². The van der Waals surface area contributed by atoms with Crippen LogP contribution in [-0.2, 0) is 11.3 Å². The molecule has 0 saturated carbocycles.